The van der Waals surface area contributed by atoms with Crippen LogP contribution in [0, 0.1) is 5.82 Å². The molecule has 4 nitrogen and oxygen atoms in total. The van der Waals surface area contributed by atoms with Crippen LogP contribution in [-0.4, -0.2) is 41.7 Å². The van der Waals surface area contributed by atoms with E-state index in [1.807, 2.05) is 23.1 Å². The number of nitrogens with zero attached hydrogens (tertiary/aromatic N) is 1. The summed E-state index contributed by atoms with van der Waals surface area (Å²) in [4.78, 5) is 14.6. The Balaban J connectivity index is 1.89. The first-order valence-corrected chi connectivity index (χ1v) is 8.58. The summed E-state index contributed by atoms with van der Waals surface area (Å²) in [5, 5.41) is 12.3. The number of carbonyl (C=O) groups excluding carboxylic acids is 1. The van der Waals surface area contributed by atoms with Gasteiger partial charge in [-0.1, -0.05) is 36.4 Å². The molecule has 0 saturated heterocycles. The van der Waals surface area contributed by atoms with E-state index in [-0.39, 0.29) is 24.3 Å². The fraction of sp³-hybridized carbons (Fsp3) is 0.350. The summed E-state index contributed by atoms with van der Waals surface area (Å²) in [7, 11) is 0. The van der Waals surface area contributed by atoms with Crippen LogP contribution < -0.4 is 5.32 Å². The predicted molar refractivity (Wildman–Crippen MR) is 94.7 cm³/mol. The Labute approximate surface area is 147 Å². The van der Waals surface area contributed by atoms with Crippen molar-refractivity contribution in [3.05, 3.63) is 71.0 Å². The number of aliphatic hydroxyl groups is 1. The lowest BCUT2D eigenvalue weighted by Gasteiger charge is -2.38. The molecule has 0 aliphatic carbocycles. The molecule has 1 aliphatic rings. The maximum Gasteiger partial charge on any atom is 0.237 e. The van der Waals surface area contributed by atoms with Crippen LogP contribution in [0.1, 0.15) is 29.7 Å². The number of amides is 1. The van der Waals surface area contributed by atoms with E-state index in [1.54, 1.807) is 19.1 Å². The van der Waals surface area contributed by atoms with Gasteiger partial charge in [-0.2, -0.15) is 0 Å². The zero-order chi connectivity index (χ0) is 17.8. The molecule has 1 amide bonds. The van der Waals surface area contributed by atoms with Crippen LogP contribution in [0.4, 0.5) is 4.39 Å². The summed E-state index contributed by atoms with van der Waals surface area (Å²) in [5.74, 6) is -0.311. The summed E-state index contributed by atoms with van der Waals surface area (Å²) in [5.41, 5.74) is 3.21. The molecule has 5 heteroatoms. The van der Waals surface area contributed by atoms with Crippen LogP contribution in [0.25, 0.3) is 0 Å². The first-order chi connectivity index (χ1) is 12.1. The molecule has 2 N–H and O–H groups in total. The minimum absolute atomic E-state index is 0.0236. The van der Waals surface area contributed by atoms with E-state index >= 15 is 0 Å². The second-order valence-electron chi connectivity index (χ2n) is 6.47. The monoisotopic (exact) mass is 342 g/mol. The molecule has 2 aromatic carbocycles. The molecule has 0 spiro atoms. The predicted octanol–water partition coefficient (Wildman–Crippen LogP) is 2.27. The van der Waals surface area contributed by atoms with Gasteiger partial charge in [-0.05, 0) is 42.2 Å². The van der Waals surface area contributed by atoms with Gasteiger partial charge in [-0.3, -0.25) is 4.79 Å². The third-order valence-electron chi connectivity index (χ3n) is 4.51. The molecule has 132 valence electrons. The highest BCUT2D eigenvalue weighted by molar-refractivity contribution is 5.79. The topological polar surface area (TPSA) is 52.6 Å². The van der Waals surface area contributed by atoms with Gasteiger partial charge >= 0.3 is 0 Å². The number of halogens is 1. The zero-order valence-corrected chi connectivity index (χ0v) is 14.3. The van der Waals surface area contributed by atoms with Crippen molar-refractivity contribution < 1.29 is 14.3 Å². The molecule has 0 aromatic heterocycles. The Bertz CT molecular complexity index is 731. The number of nitrogens with one attached hydrogen (secondary N) is 1. The Kier molecular flexibility index (Phi) is 5.46. The first-order valence-electron chi connectivity index (χ1n) is 8.58. The third kappa shape index (κ3) is 4.06. The van der Waals surface area contributed by atoms with E-state index in [2.05, 4.69) is 11.4 Å². The highest BCUT2D eigenvalue weighted by Gasteiger charge is 2.31. The van der Waals surface area contributed by atoms with Crippen LogP contribution in [-0.2, 0) is 11.2 Å². The maximum absolute atomic E-state index is 13.3. The number of fused-ring (bicyclic) bond motifs is 1. The fourth-order valence-electron chi connectivity index (χ4n) is 3.33. The molecule has 1 aliphatic heterocycles. The molecule has 1 heterocycles. The van der Waals surface area contributed by atoms with Gasteiger partial charge < -0.3 is 15.3 Å². The van der Waals surface area contributed by atoms with Crippen LogP contribution in [0.2, 0.25) is 0 Å². The van der Waals surface area contributed by atoms with Crippen molar-refractivity contribution in [3.8, 4) is 0 Å². The van der Waals surface area contributed by atoms with Crippen molar-refractivity contribution in [3.63, 3.8) is 0 Å². The van der Waals surface area contributed by atoms with Crippen molar-refractivity contribution >= 4 is 5.91 Å². The number of hydrogen-bond acceptors (Lipinski definition) is 3. The summed E-state index contributed by atoms with van der Waals surface area (Å²) in [6.07, 6.45) is 0.304. The van der Waals surface area contributed by atoms with Crippen LogP contribution in [0.15, 0.2) is 48.5 Å². The molecular formula is C20H23FN2O2. The second kappa shape index (κ2) is 7.76. The van der Waals surface area contributed by atoms with Gasteiger partial charge in [-0.25, -0.2) is 4.39 Å². The van der Waals surface area contributed by atoms with Gasteiger partial charge in [0.15, 0.2) is 0 Å². The summed E-state index contributed by atoms with van der Waals surface area (Å²) >= 11 is 0. The normalized spacial score (nSPS) is 17.9. The van der Waals surface area contributed by atoms with Crippen LogP contribution >= 0.6 is 0 Å². The summed E-state index contributed by atoms with van der Waals surface area (Å²) < 4.78 is 13.3. The molecule has 2 atom stereocenters. The average Bonchev–Trinajstić information content (AvgIpc) is 2.61. The van der Waals surface area contributed by atoms with Gasteiger partial charge in [0.1, 0.15) is 5.82 Å². The highest BCUT2D eigenvalue weighted by Crippen LogP contribution is 2.35. The minimum Gasteiger partial charge on any atom is -0.392 e. The Morgan fingerprint density at radius 3 is 2.72 bits per heavy atom. The molecule has 25 heavy (non-hydrogen) atoms. The quantitative estimate of drug-likeness (QED) is 0.876. The van der Waals surface area contributed by atoms with Crippen molar-refractivity contribution in [2.75, 3.05) is 19.6 Å². The fourth-order valence-corrected chi connectivity index (χ4v) is 3.33. The third-order valence-corrected chi connectivity index (χ3v) is 4.51. The SMILES string of the molecule is CC(O)CNCC(=O)N1CCc2ccccc2C1c1ccc(F)cc1. The molecule has 2 aromatic rings. The van der Waals surface area contributed by atoms with E-state index in [1.165, 1.54) is 17.7 Å². The lowest BCUT2D eigenvalue weighted by molar-refractivity contribution is -0.132. The average molecular weight is 342 g/mol. The summed E-state index contributed by atoms with van der Waals surface area (Å²) in [6, 6.07) is 14.2. The number of carbonyl (C=O) groups is 1. The van der Waals surface area contributed by atoms with Crippen molar-refractivity contribution in [2.24, 2.45) is 0 Å². The Morgan fingerprint density at radius 2 is 2.00 bits per heavy atom. The van der Waals surface area contributed by atoms with E-state index < -0.39 is 6.10 Å². The van der Waals surface area contributed by atoms with Gasteiger partial charge in [-0.15, -0.1) is 0 Å². The number of rotatable bonds is 5. The van der Waals surface area contributed by atoms with E-state index in [0.717, 1.165) is 17.5 Å². The molecule has 0 bridgehead atoms. The smallest absolute Gasteiger partial charge is 0.237 e. The Morgan fingerprint density at radius 1 is 1.28 bits per heavy atom. The lowest BCUT2D eigenvalue weighted by Crippen LogP contribution is -2.45. The van der Waals surface area contributed by atoms with Gasteiger partial charge in [0.2, 0.25) is 5.91 Å². The second-order valence-corrected chi connectivity index (χ2v) is 6.47. The zero-order valence-electron chi connectivity index (χ0n) is 14.3. The molecule has 3 rings (SSSR count). The molecule has 2 unspecified atom stereocenters. The largest absolute Gasteiger partial charge is 0.392 e. The number of aliphatic hydroxyl groups excluding tert-OH is 1. The molecule has 0 fully saturated rings. The van der Waals surface area contributed by atoms with Crippen molar-refractivity contribution in [2.45, 2.75) is 25.5 Å². The summed E-state index contributed by atoms with van der Waals surface area (Å²) in [6.45, 7) is 2.84. The molecular weight excluding hydrogens is 319 g/mol. The van der Waals surface area contributed by atoms with Gasteiger partial charge in [0.05, 0.1) is 18.7 Å². The van der Waals surface area contributed by atoms with Crippen molar-refractivity contribution in [1.82, 2.24) is 10.2 Å². The van der Waals surface area contributed by atoms with E-state index in [0.29, 0.717) is 13.1 Å². The minimum atomic E-state index is -0.497. The molecule has 0 saturated carbocycles. The molecule has 0 radical (unpaired) electrons. The first kappa shape index (κ1) is 17.6. The van der Waals surface area contributed by atoms with Gasteiger partial charge in [0, 0.05) is 13.1 Å². The van der Waals surface area contributed by atoms with Crippen LogP contribution in [0.5, 0.6) is 0 Å². The number of hydrogen-bond donors (Lipinski definition) is 2. The van der Waals surface area contributed by atoms with E-state index in [9.17, 15) is 14.3 Å². The van der Waals surface area contributed by atoms with E-state index in [4.69, 9.17) is 0 Å². The maximum atomic E-state index is 13.3. The van der Waals surface area contributed by atoms with Crippen LogP contribution in [0.3, 0.4) is 0 Å². The van der Waals surface area contributed by atoms with Crippen molar-refractivity contribution in [1.29, 1.82) is 0 Å². The number of benzene rings is 2. The lowest BCUT2D eigenvalue weighted by atomic mass is 9.88. The van der Waals surface area contributed by atoms with Gasteiger partial charge in [0.25, 0.3) is 0 Å². The Hall–Kier alpha value is -2.24. The highest BCUT2D eigenvalue weighted by atomic mass is 19.1. The standard InChI is InChI=1S/C20H23FN2O2/c1-14(24)12-22-13-19(25)23-11-10-15-4-2-3-5-18(15)20(23)16-6-8-17(21)9-7-16/h2-9,14,20,22,24H,10-13H2,1H3.